The monoisotopic (exact) mass is 363 g/mol. The number of nitrogens with zero attached hydrogens (tertiary/aromatic N) is 1. The highest BCUT2D eigenvalue weighted by atomic mass is 16.3. The van der Waals surface area contributed by atoms with Crippen molar-refractivity contribution in [2.75, 3.05) is 32.7 Å². The molecule has 1 saturated heterocycles. The van der Waals surface area contributed by atoms with Crippen molar-refractivity contribution >= 4 is 17.8 Å². The van der Waals surface area contributed by atoms with Crippen LogP contribution in [0.3, 0.4) is 0 Å². The number of hydrogen-bond donors (Lipinski definition) is 3. The number of rotatable bonds is 4. The summed E-state index contributed by atoms with van der Waals surface area (Å²) in [5, 5.41) is 5.31. The maximum absolute atomic E-state index is 12.2. The molecule has 1 aliphatic carbocycles. The van der Waals surface area contributed by atoms with E-state index in [1.807, 2.05) is 0 Å². The van der Waals surface area contributed by atoms with Crippen LogP contribution in [0.1, 0.15) is 42.7 Å². The van der Waals surface area contributed by atoms with E-state index in [9.17, 15) is 14.4 Å². The lowest BCUT2D eigenvalue weighted by molar-refractivity contribution is -0.895. The maximum Gasteiger partial charge on any atom is 0.321 e. The van der Waals surface area contributed by atoms with Gasteiger partial charge in [-0.25, -0.2) is 4.79 Å². The first-order chi connectivity index (χ1) is 12.6. The van der Waals surface area contributed by atoms with Crippen molar-refractivity contribution in [1.82, 2.24) is 15.5 Å². The fourth-order valence-electron chi connectivity index (χ4n) is 3.63. The summed E-state index contributed by atoms with van der Waals surface area (Å²) in [4.78, 5) is 39.0. The number of quaternary nitrogens is 1. The summed E-state index contributed by atoms with van der Waals surface area (Å²) in [6.45, 7) is 2.71. The summed E-state index contributed by atoms with van der Waals surface area (Å²) < 4.78 is 5.14. The van der Waals surface area contributed by atoms with Gasteiger partial charge in [0.05, 0.1) is 32.4 Å². The summed E-state index contributed by atoms with van der Waals surface area (Å²) >= 11 is 0. The number of amides is 4. The predicted octanol–water partition coefficient (Wildman–Crippen LogP) is -0.221. The second-order valence-corrected chi connectivity index (χ2v) is 7.05. The molecule has 8 heteroatoms. The average Bonchev–Trinajstić information content (AvgIpc) is 3.17. The second kappa shape index (κ2) is 8.84. The molecule has 0 unspecified atom stereocenters. The summed E-state index contributed by atoms with van der Waals surface area (Å²) in [5.41, 5.74) is 0. The molecule has 1 aliphatic heterocycles. The molecule has 0 aromatic carbocycles. The van der Waals surface area contributed by atoms with Crippen LogP contribution in [0.25, 0.3) is 0 Å². The van der Waals surface area contributed by atoms with Crippen molar-refractivity contribution in [3.63, 3.8) is 0 Å². The number of carbonyl (C=O) groups is 3. The average molecular weight is 363 g/mol. The molecule has 8 nitrogen and oxygen atoms in total. The Labute approximate surface area is 152 Å². The smallest absolute Gasteiger partial charge is 0.321 e. The molecular weight excluding hydrogens is 336 g/mol. The molecule has 2 aliphatic rings. The van der Waals surface area contributed by atoms with E-state index in [2.05, 4.69) is 10.6 Å². The van der Waals surface area contributed by atoms with E-state index in [1.54, 1.807) is 17.0 Å². The molecule has 1 aromatic heterocycles. The molecule has 142 valence electrons. The van der Waals surface area contributed by atoms with Crippen molar-refractivity contribution in [3.8, 4) is 0 Å². The molecule has 3 N–H and O–H groups in total. The van der Waals surface area contributed by atoms with Crippen LogP contribution in [-0.2, 0) is 4.79 Å². The van der Waals surface area contributed by atoms with E-state index in [0.717, 1.165) is 30.6 Å². The molecule has 2 fully saturated rings. The normalized spacial score (nSPS) is 19.2. The highest BCUT2D eigenvalue weighted by Gasteiger charge is 2.27. The molecule has 1 saturated carbocycles. The van der Waals surface area contributed by atoms with Gasteiger partial charge in [0, 0.05) is 6.04 Å². The Hall–Kier alpha value is -2.35. The largest absolute Gasteiger partial charge is 0.459 e. The van der Waals surface area contributed by atoms with Crippen LogP contribution in [0.4, 0.5) is 4.79 Å². The van der Waals surface area contributed by atoms with Gasteiger partial charge >= 0.3 is 6.03 Å². The van der Waals surface area contributed by atoms with Crippen molar-refractivity contribution < 1.29 is 23.7 Å². The topological polar surface area (TPSA) is 96.1 Å². The lowest BCUT2D eigenvalue weighted by atomic mass is 9.96. The maximum atomic E-state index is 12.2. The Kier molecular flexibility index (Phi) is 6.27. The van der Waals surface area contributed by atoms with Crippen LogP contribution < -0.4 is 15.5 Å². The molecule has 3 rings (SSSR count). The zero-order valence-corrected chi connectivity index (χ0v) is 15.0. The molecule has 1 aromatic rings. The summed E-state index contributed by atoms with van der Waals surface area (Å²) in [6, 6.07) is 3.13. The van der Waals surface area contributed by atoms with Gasteiger partial charge in [0.15, 0.2) is 12.3 Å². The highest BCUT2D eigenvalue weighted by Crippen LogP contribution is 2.17. The quantitative estimate of drug-likeness (QED) is 0.689. The number of carbonyl (C=O) groups excluding carboxylic acids is 3. The number of piperazine rings is 1. The standard InChI is InChI=1S/C18H26N4O4/c23-16(20-18(25)19-14-5-2-1-3-6-14)13-21-8-10-22(11-9-21)17(24)15-7-4-12-26-15/h4,7,12,14H,1-3,5-6,8-11,13H2,(H2,19,20,23,25)/p+1. The van der Waals surface area contributed by atoms with Gasteiger partial charge in [-0.15, -0.1) is 0 Å². The Morgan fingerprint density at radius 1 is 1.15 bits per heavy atom. The van der Waals surface area contributed by atoms with Crippen molar-refractivity contribution in [2.24, 2.45) is 0 Å². The van der Waals surface area contributed by atoms with E-state index in [4.69, 9.17) is 4.42 Å². The minimum absolute atomic E-state index is 0.120. The van der Waals surface area contributed by atoms with E-state index in [0.29, 0.717) is 31.9 Å². The molecule has 2 heterocycles. The molecule has 4 amide bonds. The first kappa shape index (κ1) is 18.4. The number of nitrogens with one attached hydrogen (secondary N) is 3. The highest BCUT2D eigenvalue weighted by molar-refractivity contribution is 5.94. The van der Waals surface area contributed by atoms with E-state index in [1.165, 1.54) is 12.7 Å². The van der Waals surface area contributed by atoms with Crippen LogP contribution in [0.5, 0.6) is 0 Å². The van der Waals surface area contributed by atoms with Gasteiger partial charge in [0.2, 0.25) is 0 Å². The van der Waals surface area contributed by atoms with Crippen LogP contribution in [0.15, 0.2) is 22.8 Å². The minimum Gasteiger partial charge on any atom is -0.459 e. The van der Waals surface area contributed by atoms with Crippen LogP contribution in [0.2, 0.25) is 0 Å². The Balaban J connectivity index is 1.36. The molecule has 0 radical (unpaired) electrons. The van der Waals surface area contributed by atoms with Crippen molar-refractivity contribution in [3.05, 3.63) is 24.2 Å². The Bertz CT molecular complexity index is 617. The first-order valence-corrected chi connectivity index (χ1v) is 9.38. The Morgan fingerprint density at radius 3 is 2.54 bits per heavy atom. The zero-order valence-electron chi connectivity index (χ0n) is 15.0. The summed E-state index contributed by atoms with van der Waals surface area (Å²) in [7, 11) is 0. The van der Waals surface area contributed by atoms with Gasteiger partial charge in [-0.3, -0.25) is 14.9 Å². The third-order valence-corrected chi connectivity index (χ3v) is 5.09. The van der Waals surface area contributed by atoms with Gasteiger partial charge in [0.1, 0.15) is 0 Å². The third kappa shape index (κ3) is 5.08. The number of hydrogen-bond acceptors (Lipinski definition) is 4. The minimum atomic E-state index is -0.395. The fourth-order valence-corrected chi connectivity index (χ4v) is 3.63. The molecule has 0 bridgehead atoms. The second-order valence-electron chi connectivity index (χ2n) is 7.05. The molecule has 0 spiro atoms. The summed E-state index contributed by atoms with van der Waals surface area (Å²) in [5.74, 6) is -0.0601. The van der Waals surface area contributed by atoms with Crippen LogP contribution >= 0.6 is 0 Å². The van der Waals surface area contributed by atoms with E-state index in [-0.39, 0.29) is 24.4 Å². The predicted molar refractivity (Wildman–Crippen MR) is 93.7 cm³/mol. The number of furan rings is 1. The SMILES string of the molecule is O=C(C[NH+]1CCN(C(=O)c2ccco2)CC1)NC(=O)NC1CCCCC1. The van der Waals surface area contributed by atoms with Crippen molar-refractivity contribution in [1.29, 1.82) is 0 Å². The van der Waals surface area contributed by atoms with Crippen LogP contribution in [0, 0.1) is 0 Å². The molecular formula is C18H27N4O4+. The van der Waals surface area contributed by atoms with E-state index >= 15 is 0 Å². The summed E-state index contributed by atoms with van der Waals surface area (Å²) in [6.07, 6.45) is 6.93. The van der Waals surface area contributed by atoms with Gasteiger partial charge in [-0.2, -0.15) is 0 Å². The lowest BCUT2D eigenvalue weighted by Crippen LogP contribution is -3.15. The first-order valence-electron chi connectivity index (χ1n) is 9.38. The fraction of sp³-hybridized carbons (Fsp3) is 0.611. The lowest BCUT2D eigenvalue weighted by Gasteiger charge is -2.31. The van der Waals surface area contributed by atoms with Crippen LogP contribution in [-0.4, -0.2) is 61.5 Å². The zero-order chi connectivity index (χ0) is 18.4. The third-order valence-electron chi connectivity index (χ3n) is 5.09. The van der Waals surface area contributed by atoms with Gasteiger partial charge < -0.3 is 19.5 Å². The molecule has 0 atom stereocenters. The van der Waals surface area contributed by atoms with Gasteiger partial charge in [-0.1, -0.05) is 19.3 Å². The number of urea groups is 1. The van der Waals surface area contributed by atoms with Gasteiger partial charge in [-0.05, 0) is 25.0 Å². The van der Waals surface area contributed by atoms with E-state index < -0.39 is 6.03 Å². The van der Waals surface area contributed by atoms with Crippen molar-refractivity contribution in [2.45, 2.75) is 38.1 Å². The van der Waals surface area contributed by atoms with Gasteiger partial charge in [0.25, 0.3) is 11.8 Å². The molecule has 26 heavy (non-hydrogen) atoms. The number of imide groups is 1. The Morgan fingerprint density at radius 2 is 1.88 bits per heavy atom.